The van der Waals surface area contributed by atoms with E-state index in [2.05, 4.69) is 11.3 Å². The van der Waals surface area contributed by atoms with Crippen molar-refractivity contribution in [3.8, 4) is 0 Å². The van der Waals surface area contributed by atoms with Crippen molar-refractivity contribution in [2.75, 3.05) is 0 Å². The van der Waals surface area contributed by atoms with Crippen LogP contribution >= 0.6 is 0 Å². The summed E-state index contributed by atoms with van der Waals surface area (Å²) in [7, 11) is -4.06. The molecule has 1 aliphatic heterocycles. The van der Waals surface area contributed by atoms with E-state index in [0.29, 0.717) is 0 Å². The van der Waals surface area contributed by atoms with Gasteiger partial charge in [0.25, 0.3) is 10.1 Å². The Morgan fingerprint density at radius 3 is 1.76 bits per heavy atom. The van der Waals surface area contributed by atoms with Gasteiger partial charge in [-0.15, -0.1) is 0 Å². The van der Waals surface area contributed by atoms with Crippen molar-refractivity contribution in [2.45, 2.75) is 17.1 Å². The minimum Gasteiger partial charge on any atom is -0.479 e. The zero-order valence-corrected chi connectivity index (χ0v) is 11.4. The number of epoxide rings is 1. The monoisotopic (exact) mass is 316 g/mol. The van der Waals surface area contributed by atoms with Crippen molar-refractivity contribution >= 4 is 28.1 Å². The van der Waals surface area contributed by atoms with Crippen molar-refractivity contribution in [1.29, 1.82) is 0 Å². The first-order chi connectivity index (χ1) is 9.66. The Labute approximate surface area is 120 Å². The minimum absolute atomic E-state index is 0.104. The average Bonchev–Trinajstić information content (AvgIpc) is 3.19. The van der Waals surface area contributed by atoms with Crippen LogP contribution in [-0.4, -0.2) is 47.3 Å². The highest BCUT2D eigenvalue weighted by atomic mass is 32.2. The van der Waals surface area contributed by atoms with Gasteiger partial charge in [-0.1, -0.05) is 24.8 Å². The van der Waals surface area contributed by atoms with Gasteiger partial charge in [0.15, 0.2) is 12.2 Å². The molecule has 1 aromatic carbocycles. The summed E-state index contributed by atoms with van der Waals surface area (Å²) in [5, 5.41) is 16.2. The van der Waals surface area contributed by atoms with Crippen LogP contribution in [0.25, 0.3) is 6.08 Å². The first-order valence-corrected chi connectivity index (χ1v) is 6.92. The molecule has 114 valence electrons. The molecule has 0 radical (unpaired) electrons. The van der Waals surface area contributed by atoms with Crippen LogP contribution in [0.2, 0.25) is 0 Å². The number of carbonyl (C=O) groups is 2. The number of hydrogen-bond acceptors (Lipinski definition) is 5. The van der Waals surface area contributed by atoms with Gasteiger partial charge in [-0.05, 0) is 17.7 Å². The second-order valence-corrected chi connectivity index (χ2v) is 5.32. The van der Waals surface area contributed by atoms with E-state index < -0.39 is 34.3 Å². The second-order valence-electron chi connectivity index (χ2n) is 3.90. The summed E-state index contributed by atoms with van der Waals surface area (Å²) in [6.45, 7) is 3.51. The first kappa shape index (κ1) is 16.8. The molecule has 9 heteroatoms. The number of hydrogen-bond donors (Lipinski definition) is 3. The zero-order chi connectivity index (χ0) is 16.2. The van der Waals surface area contributed by atoms with Crippen LogP contribution in [-0.2, 0) is 24.4 Å². The maximum absolute atomic E-state index is 10.6. The molecule has 0 aliphatic carbocycles. The van der Waals surface area contributed by atoms with E-state index >= 15 is 0 Å². The third-order valence-electron chi connectivity index (χ3n) is 2.39. The van der Waals surface area contributed by atoms with Gasteiger partial charge in [-0.3, -0.25) is 4.55 Å². The van der Waals surface area contributed by atoms with Crippen molar-refractivity contribution in [3.63, 3.8) is 0 Å². The molecule has 1 aromatic rings. The zero-order valence-electron chi connectivity index (χ0n) is 10.5. The van der Waals surface area contributed by atoms with Crippen LogP contribution in [0.1, 0.15) is 5.56 Å². The van der Waals surface area contributed by atoms with Crippen LogP contribution in [0.4, 0.5) is 0 Å². The van der Waals surface area contributed by atoms with E-state index in [0.717, 1.165) is 5.56 Å². The van der Waals surface area contributed by atoms with E-state index in [-0.39, 0.29) is 4.90 Å². The van der Waals surface area contributed by atoms with Crippen molar-refractivity contribution in [3.05, 3.63) is 36.4 Å². The summed E-state index contributed by atoms with van der Waals surface area (Å²) >= 11 is 0. The van der Waals surface area contributed by atoms with Gasteiger partial charge >= 0.3 is 11.9 Å². The van der Waals surface area contributed by atoms with Gasteiger partial charge < -0.3 is 14.9 Å². The molecule has 1 heterocycles. The predicted molar refractivity (Wildman–Crippen MR) is 70.3 cm³/mol. The molecule has 3 N–H and O–H groups in total. The maximum atomic E-state index is 10.6. The molecule has 8 nitrogen and oxygen atoms in total. The molecule has 2 rings (SSSR count). The van der Waals surface area contributed by atoms with Gasteiger partial charge in [-0.2, -0.15) is 8.42 Å². The molecule has 0 spiro atoms. The quantitative estimate of drug-likeness (QED) is 0.538. The Bertz CT molecular complexity index is 628. The molecule has 1 fully saturated rings. The fraction of sp³-hybridized carbons (Fsp3) is 0.167. The van der Waals surface area contributed by atoms with Crippen molar-refractivity contribution in [1.82, 2.24) is 0 Å². The lowest BCUT2D eigenvalue weighted by Crippen LogP contribution is -2.14. The maximum Gasteiger partial charge on any atom is 0.336 e. The number of benzene rings is 1. The van der Waals surface area contributed by atoms with Gasteiger partial charge in [-0.25, -0.2) is 9.59 Å². The molecule has 0 aromatic heterocycles. The number of aliphatic carboxylic acids is 2. The highest BCUT2D eigenvalue weighted by Gasteiger charge is 2.50. The summed E-state index contributed by atoms with van der Waals surface area (Å²) in [4.78, 5) is 19.7. The van der Waals surface area contributed by atoms with Gasteiger partial charge in [0.05, 0.1) is 4.90 Å². The highest BCUT2D eigenvalue weighted by Crippen LogP contribution is 2.21. The average molecular weight is 316 g/mol. The molecule has 21 heavy (non-hydrogen) atoms. The lowest BCUT2D eigenvalue weighted by atomic mass is 10.2. The Morgan fingerprint density at radius 2 is 1.52 bits per heavy atom. The summed E-state index contributed by atoms with van der Waals surface area (Å²) in [6, 6.07) is 5.78. The van der Waals surface area contributed by atoms with Crippen molar-refractivity contribution in [2.24, 2.45) is 0 Å². The predicted octanol–water partition coefficient (Wildman–Crippen LogP) is 0.499. The minimum atomic E-state index is -4.06. The van der Waals surface area contributed by atoms with Crippen LogP contribution in [0.5, 0.6) is 0 Å². The molecule has 0 amide bonds. The van der Waals surface area contributed by atoms with E-state index in [4.69, 9.17) is 14.8 Å². The first-order valence-electron chi connectivity index (χ1n) is 5.48. The van der Waals surface area contributed by atoms with E-state index in [9.17, 15) is 18.0 Å². The standard InChI is InChI=1S/C8H8O3S.C4H4O5/c1-2-7-3-5-8(6-4-7)12(9,10)11;5-3(6)1-2(9-1)4(7)8/h2-6H,1H2,(H,9,10,11);1-2H,(H,5,6)(H,7,8). The van der Waals surface area contributed by atoms with E-state index in [1.807, 2.05) is 0 Å². The lowest BCUT2D eigenvalue weighted by molar-refractivity contribution is -0.140. The van der Waals surface area contributed by atoms with Crippen LogP contribution in [0, 0.1) is 0 Å². The molecule has 0 bridgehead atoms. The molecule has 0 saturated carbocycles. The number of rotatable bonds is 4. The van der Waals surface area contributed by atoms with Gasteiger partial charge in [0, 0.05) is 0 Å². The third kappa shape index (κ3) is 4.99. The van der Waals surface area contributed by atoms with Crippen LogP contribution in [0.3, 0.4) is 0 Å². The molecule has 2 unspecified atom stereocenters. The summed E-state index contributed by atoms with van der Waals surface area (Å²) in [5.41, 5.74) is 0.808. The Balaban J connectivity index is 0.000000219. The van der Waals surface area contributed by atoms with Gasteiger partial charge in [0.2, 0.25) is 0 Å². The largest absolute Gasteiger partial charge is 0.479 e. The Kier molecular flexibility index (Phi) is 5.19. The Hall–Kier alpha value is -2.23. The summed E-state index contributed by atoms with van der Waals surface area (Å²) in [6.07, 6.45) is -0.654. The SMILES string of the molecule is C=Cc1ccc(S(=O)(=O)O)cc1.O=C(O)C1OC1C(=O)O. The molecule has 2 atom stereocenters. The topological polar surface area (TPSA) is 142 Å². The molecular formula is C12H12O8S. The number of ether oxygens (including phenoxy) is 1. The third-order valence-corrected chi connectivity index (χ3v) is 3.26. The number of carboxylic acids is 2. The smallest absolute Gasteiger partial charge is 0.336 e. The van der Waals surface area contributed by atoms with Crippen LogP contribution in [0.15, 0.2) is 35.7 Å². The fourth-order valence-electron chi connectivity index (χ4n) is 1.26. The van der Waals surface area contributed by atoms with E-state index in [1.165, 1.54) is 12.1 Å². The van der Waals surface area contributed by atoms with E-state index in [1.54, 1.807) is 18.2 Å². The molecule has 1 aliphatic rings. The van der Waals surface area contributed by atoms with Gasteiger partial charge in [0.1, 0.15) is 0 Å². The summed E-state index contributed by atoms with van der Waals surface area (Å²) < 4.78 is 34.0. The molecular weight excluding hydrogens is 304 g/mol. The normalized spacial score (nSPS) is 19.9. The second kappa shape index (κ2) is 6.48. The van der Waals surface area contributed by atoms with Crippen LogP contribution < -0.4 is 0 Å². The fourth-order valence-corrected chi connectivity index (χ4v) is 1.74. The Morgan fingerprint density at radius 1 is 1.10 bits per heavy atom. The summed E-state index contributed by atoms with van der Waals surface area (Å²) in [5.74, 6) is -2.44. The highest BCUT2D eigenvalue weighted by molar-refractivity contribution is 7.85. The number of carboxylic acid groups (broad SMARTS) is 2. The molecule has 1 saturated heterocycles. The van der Waals surface area contributed by atoms with Crippen molar-refractivity contribution < 1.29 is 37.5 Å². The lowest BCUT2D eigenvalue weighted by Gasteiger charge is -1.96.